The van der Waals surface area contributed by atoms with Gasteiger partial charge in [0.2, 0.25) is 0 Å². The van der Waals surface area contributed by atoms with E-state index in [0.717, 1.165) is 4.88 Å². The van der Waals surface area contributed by atoms with Gasteiger partial charge < -0.3 is 10.2 Å². The Morgan fingerprint density at radius 3 is 2.86 bits per heavy atom. The van der Waals surface area contributed by atoms with Crippen molar-refractivity contribution in [2.45, 2.75) is 57.5 Å². The van der Waals surface area contributed by atoms with E-state index in [1.54, 1.807) is 17.4 Å². The Hall–Kier alpha value is -1.71. The molecular weight excluding hydrogens is 469 g/mol. The Kier molecular flexibility index (Phi) is 5.34. The second kappa shape index (κ2) is 7.89. The number of halogens is 1. The summed E-state index contributed by atoms with van der Waals surface area (Å²) in [6.07, 6.45) is 3.85. The van der Waals surface area contributed by atoms with Crippen molar-refractivity contribution in [3.05, 3.63) is 46.2 Å². The molecule has 188 valence electrons. The standard InChI is InChI=1S/C27H32FNO5S/c1-25-6-5-16(31)9-20(25)21(28)10-18-19-8-15-12-29(13-17-4-3-7-35-17)34-27(15,23(33)14-30)26(19,2)11-22(32)24(18)25/h3-7,9,15,18-19,21-22,24,30,32H,8,10-14H2,1-2H3. The van der Waals surface area contributed by atoms with Gasteiger partial charge in [0.15, 0.2) is 17.2 Å². The molecule has 0 radical (unpaired) electrons. The molecular formula is C27H32FNO5S. The van der Waals surface area contributed by atoms with Gasteiger partial charge in [0.05, 0.1) is 12.6 Å². The summed E-state index contributed by atoms with van der Waals surface area (Å²) in [5.74, 6) is -1.16. The molecule has 4 aliphatic carbocycles. The van der Waals surface area contributed by atoms with Crippen molar-refractivity contribution in [1.29, 1.82) is 0 Å². The summed E-state index contributed by atoms with van der Waals surface area (Å²) in [4.78, 5) is 33.2. The van der Waals surface area contributed by atoms with Gasteiger partial charge in [-0.1, -0.05) is 26.0 Å². The van der Waals surface area contributed by atoms with Crippen LogP contribution in [-0.2, 0) is 21.0 Å². The van der Waals surface area contributed by atoms with E-state index < -0.39 is 35.3 Å². The maximum atomic E-state index is 15.6. The number of fused-ring (bicyclic) bond motifs is 7. The molecule has 0 aromatic carbocycles. The molecule has 4 fully saturated rings. The number of Topliss-reactive ketones (excluding diaryl/α,β-unsaturated/α-hetero) is 1. The zero-order valence-electron chi connectivity index (χ0n) is 20.0. The lowest BCUT2D eigenvalue weighted by molar-refractivity contribution is -0.255. The fourth-order valence-electron chi connectivity index (χ4n) is 8.74. The number of alkyl halides is 1. The zero-order valence-corrected chi connectivity index (χ0v) is 20.8. The molecule has 8 heteroatoms. The van der Waals surface area contributed by atoms with E-state index >= 15 is 4.39 Å². The highest BCUT2D eigenvalue weighted by Gasteiger charge is 2.75. The van der Waals surface area contributed by atoms with Crippen LogP contribution in [0.15, 0.2) is 41.3 Å². The highest BCUT2D eigenvalue weighted by molar-refractivity contribution is 7.09. The minimum atomic E-state index is -1.27. The van der Waals surface area contributed by atoms with Gasteiger partial charge in [-0.15, -0.1) is 11.3 Å². The number of carbonyl (C=O) groups excluding carboxylic acids is 2. The van der Waals surface area contributed by atoms with Crippen molar-refractivity contribution >= 4 is 22.9 Å². The van der Waals surface area contributed by atoms with Crippen LogP contribution in [0.1, 0.15) is 38.0 Å². The largest absolute Gasteiger partial charge is 0.393 e. The lowest BCUT2D eigenvalue weighted by Gasteiger charge is -2.60. The van der Waals surface area contributed by atoms with E-state index in [4.69, 9.17) is 4.84 Å². The normalized spacial score (nSPS) is 46.5. The number of aliphatic hydroxyl groups is 2. The molecule has 9 atom stereocenters. The van der Waals surface area contributed by atoms with Gasteiger partial charge in [-0.25, -0.2) is 4.39 Å². The Morgan fingerprint density at radius 2 is 2.14 bits per heavy atom. The van der Waals surface area contributed by atoms with Gasteiger partial charge in [-0.3, -0.25) is 14.4 Å². The van der Waals surface area contributed by atoms with Gasteiger partial charge in [0, 0.05) is 34.1 Å². The van der Waals surface area contributed by atoms with Gasteiger partial charge >= 0.3 is 0 Å². The number of allylic oxidation sites excluding steroid dienone is 4. The number of hydroxylamine groups is 2. The molecule has 1 aromatic rings. The molecule has 2 heterocycles. The predicted molar refractivity (Wildman–Crippen MR) is 128 cm³/mol. The lowest BCUT2D eigenvalue weighted by Crippen LogP contribution is -2.64. The number of carbonyl (C=O) groups is 2. The van der Waals surface area contributed by atoms with Crippen molar-refractivity contribution in [3.63, 3.8) is 0 Å². The second-order valence-corrected chi connectivity index (χ2v) is 12.6. The summed E-state index contributed by atoms with van der Waals surface area (Å²) in [5.41, 5.74) is -2.26. The van der Waals surface area contributed by atoms with Gasteiger partial charge in [-0.05, 0) is 60.3 Å². The third-order valence-corrected chi connectivity index (χ3v) is 10.9. The van der Waals surface area contributed by atoms with Gasteiger partial charge in [0.25, 0.3) is 0 Å². The van der Waals surface area contributed by atoms with Crippen LogP contribution in [0.3, 0.4) is 0 Å². The molecule has 2 N–H and O–H groups in total. The van der Waals surface area contributed by atoms with Crippen molar-refractivity contribution in [1.82, 2.24) is 5.06 Å². The molecule has 1 saturated heterocycles. The van der Waals surface area contributed by atoms with Crippen LogP contribution >= 0.6 is 11.3 Å². The maximum Gasteiger partial charge on any atom is 0.192 e. The van der Waals surface area contributed by atoms with Crippen LogP contribution in [0, 0.1) is 34.5 Å². The second-order valence-electron chi connectivity index (χ2n) is 11.5. The van der Waals surface area contributed by atoms with Crippen molar-refractivity contribution < 1.29 is 29.0 Å². The molecule has 5 aliphatic rings. The number of thiophene rings is 1. The molecule has 6 nitrogen and oxygen atoms in total. The van der Waals surface area contributed by atoms with Gasteiger partial charge in [0.1, 0.15) is 12.8 Å². The highest BCUT2D eigenvalue weighted by Crippen LogP contribution is 2.70. The number of rotatable bonds is 4. The Bertz CT molecular complexity index is 1120. The molecule has 1 aliphatic heterocycles. The summed E-state index contributed by atoms with van der Waals surface area (Å²) in [6, 6.07) is 4.01. The summed E-state index contributed by atoms with van der Waals surface area (Å²) in [5, 5.41) is 25.5. The Balaban J connectivity index is 1.39. The monoisotopic (exact) mass is 501 g/mol. The zero-order chi connectivity index (χ0) is 24.8. The molecule has 1 aromatic heterocycles. The first-order valence-corrected chi connectivity index (χ1v) is 13.4. The third-order valence-electron chi connectivity index (χ3n) is 10.00. The van der Waals surface area contributed by atoms with Crippen LogP contribution in [0.5, 0.6) is 0 Å². The van der Waals surface area contributed by atoms with Crippen LogP contribution in [0.4, 0.5) is 4.39 Å². The number of aliphatic hydroxyl groups excluding tert-OH is 2. The fraction of sp³-hybridized carbons (Fsp3) is 0.630. The molecule has 35 heavy (non-hydrogen) atoms. The average Bonchev–Trinajstić information content (AvgIpc) is 3.50. The topological polar surface area (TPSA) is 87.1 Å². The van der Waals surface area contributed by atoms with E-state index in [1.807, 2.05) is 36.4 Å². The summed E-state index contributed by atoms with van der Waals surface area (Å²) in [6.45, 7) is 4.42. The Labute approximate surface area is 208 Å². The van der Waals surface area contributed by atoms with E-state index in [-0.39, 0.29) is 41.7 Å². The molecule has 0 spiro atoms. The van der Waals surface area contributed by atoms with E-state index in [0.29, 0.717) is 31.5 Å². The summed E-state index contributed by atoms with van der Waals surface area (Å²) >= 11 is 1.63. The smallest absolute Gasteiger partial charge is 0.192 e. The highest BCUT2D eigenvalue weighted by atomic mass is 32.1. The fourth-order valence-corrected chi connectivity index (χ4v) is 9.45. The molecule has 0 amide bonds. The van der Waals surface area contributed by atoms with E-state index in [1.165, 1.54) is 12.2 Å². The molecule has 3 saturated carbocycles. The van der Waals surface area contributed by atoms with E-state index in [9.17, 15) is 19.8 Å². The minimum Gasteiger partial charge on any atom is -0.393 e. The van der Waals surface area contributed by atoms with Crippen molar-refractivity contribution in [3.8, 4) is 0 Å². The van der Waals surface area contributed by atoms with Crippen LogP contribution in [0.25, 0.3) is 0 Å². The first kappa shape index (κ1) is 23.7. The van der Waals surface area contributed by atoms with Crippen LogP contribution in [-0.4, -0.2) is 57.9 Å². The third kappa shape index (κ3) is 3.07. The summed E-state index contributed by atoms with van der Waals surface area (Å²) in [7, 11) is 0. The molecule has 9 unspecified atom stereocenters. The number of hydrogen-bond donors (Lipinski definition) is 2. The minimum absolute atomic E-state index is 0.0389. The summed E-state index contributed by atoms with van der Waals surface area (Å²) < 4.78 is 15.6. The first-order chi connectivity index (χ1) is 16.6. The quantitative estimate of drug-likeness (QED) is 0.659. The number of nitrogens with zero attached hydrogens (tertiary/aromatic N) is 1. The maximum absolute atomic E-state index is 15.6. The van der Waals surface area contributed by atoms with Crippen LogP contribution in [0.2, 0.25) is 0 Å². The number of ketones is 2. The van der Waals surface area contributed by atoms with E-state index in [2.05, 4.69) is 0 Å². The molecule has 6 rings (SSSR count). The lowest BCUT2D eigenvalue weighted by atomic mass is 9.46. The average molecular weight is 502 g/mol. The number of hydrogen-bond acceptors (Lipinski definition) is 7. The van der Waals surface area contributed by atoms with Gasteiger partial charge in [-0.2, -0.15) is 5.06 Å². The SMILES string of the molecule is CC12C=CC(=O)C=C1C(F)CC1C2C(O)CC2(C)C1CC1CN(Cc3cccs3)OC12C(=O)CO. The van der Waals surface area contributed by atoms with Crippen LogP contribution < -0.4 is 0 Å². The molecule has 0 bridgehead atoms. The predicted octanol–water partition coefficient (Wildman–Crippen LogP) is 3.25. The first-order valence-electron chi connectivity index (χ1n) is 12.5. The Morgan fingerprint density at radius 1 is 1.34 bits per heavy atom. The van der Waals surface area contributed by atoms with Crippen molar-refractivity contribution in [2.75, 3.05) is 13.2 Å². The van der Waals surface area contributed by atoms with Crippen molar-refractivity contribution in [2.24, 2.45) is 34.5 Å².